The second kappa shape index (κ2) is 10.5. The van der Waals surface area contributed by atoms with E-state index >= 15 is 0 Å². The van der Waals surface area contributed by atoms with Gasteiger partial charge in [-0.2, -0.15) is 0 Å². The number of hydrogen-bond donors (Lipinski definition) is 0. The van der Waals surface area contributed by atoms with Crippen LogP contribution in [0.1, 0.15) is 0 Å². The van der Waals surface area contributed by atoms with Crippen LogP contribution in [0, 0.1) is 0 Å². The molecule has 0 amide bonds. The lowest BCUT2D eigenvalue weighted by atomic mass is 10.1. The Labute approximate surface area is 291 Å². The van der Waals surface area contributed by atoms with Crippen molar-refractivity contribution in [1.82, 2.24) is 18.7 Å². The lowest BCUT2D eigenvalue weighted by Gasteiger charge is -2.09. The van der Waals surface area contributed by atoms with Gasteiger partial charge in [-0.1, -0.05) is 121 Å². The maximum atomic E-state index is 5.05. The largest absolute Gasteiger partial charge is 0.309 e. The van der Waals surface area contributed by atoms with Crippen molar-refractivity contribution in [2.75, 3.05) is 0 Å². The average molecular weight is 657 g/mol. The fraction of sp³-hybridized carbons (Fsp3) is 0. The molecular weight excluding hydrogens is 629 g/mol. The average Bonchev–Trinajstić information content (AvgIpc) is 3.95. The molecule has 4 nitrogen and oxygen atoms in total. The summed E-state index contributed by atoms with van der Waals surface area (Å²) in [6.07, 6.45) is 2.04. The molecule has 0 radical (unpaired) electrons. The molecule has 0 unspecified atom stereocenters. The Balaban J connectivity index is 1.12. The quantitative estimate of drug-likeness (QED) is 0.185. The fourth-order valence-electron chi connectivity index (χ4n) is 8.07. The molecule has 5 heteroatoms. The Morgan fingerprint density at radius 2 is 0.960 bits per heavy atom. The monoisotopic (exact) mass is 656 g/mol. The van der Waals surface area contributed by atoms with Gasteiger partial charge in [-0.15, -0.1) is 0 Å². The van der Waals surface area contributed by atoms with Gasteiger partial charge in [0.15, 0.2) is 0 Å². The minimum atomic E-state index is 0.994. The summed E-state index contributed by atoms with van der Waals surface area (Å²) in [4.78, 5) is 5.05. The van der Waals surface area contributed by atoms with Gasteiger partial charge in [0, 0.05) is 49.3 Å². The third kappa shape index (κ3) is 3.84. The summed E-state index contributed by atoms with van der Waals surface area (Å²) in [6, 6.07) is 59.0. The summed E-state index contributed by atoms with van der Waals surface area (Å²) in [5.41, 5.74) is 10.6. The van der Waals surface area contributed by atoms with Gasteiger partial charge in [-0.3, -0.25) is 4.57 Å². The van der Waals surface area contributed by atoms with E-state index in [0.29, 0.717) is 0 Å². The van der Waals surface area contributed by atoms with E-state index in [2.05, 4.69) is 177 Å². The zero-order valence-corrected chi connectivity index (χ0v) is 27.7. The number of aromatic nitrogens is 4. The van der Waals surface area contributed by atoms with Gasteiger partial charge in [-0.05, 0) is 54.6 Å². The minimum Gasteiger partial charge on any atom is -0.309 e. The van der Waals surface area contributed by atoms with Crippen LogP contribution in [0.4, 0.5) is 0 Å². The van der Waals surface area contributed by atoms with Crippen LogP contribution in [0.15, 0.2) is 170 Å². The zero-order chi connectivity index (χ0) is 32.8. The van der Waals surface area contributed by atoms with Gasteiger partial charge in [0.1, 0.15) is 10.0 Å². The highest BCUT2D eigenvalue weighted by molar-refractivity contribution is 7.17. The molecule has 0 N–H and O–H groups in total. The molecular formula is C45H28N4S. The van der Waals surface area contributed by atoms with E-state index in [-0.39, 0.29) is 0 Å². The highest BCUT2D eigenvalue weighted by atomic mass is 32.1. The Morgan fingerprint density at radius 1 is 0.400 bits per heavy atom. The summed E-state index contributed by atoms with van der Waals surface area (Å²) in [5, 5.41) is 9.61. The van der Waals surface area contributed by atoms with Crippen LogP contribution in [-0.2, 0) is 0 Å². The van der Waals surface area contributed by atoms with Crippen LogP contribution in [0.3, 0.4) is 0 Å². The Morgan fingerprint density at radius 3 is 1.66 bits per heavy atom. The molecule has 0 saturated carbocycles. The molecule has 0 spiro atoms. The number of benzene rings is 7. The van der Waals surface area contributed by atoms with Crippen LogP contribution in [0.5, 0.6) is 0 Å². The second-order valence-corrected chi connectivity index (χ2v) is 13.8. The van der Waals surface area contributed by atoms with Gasteiger partial charge < -0.3 is 9.13 Å². The molecule has 0 atom stereocenters. The summed E-state index contributed by atoms with van der Waals surface area (Å²) in [6.45, 7) is 0. The van der Waals surface area contributed by atoms with E-state index in [4.69, 9.17) is 4.98 Å². The van der Waals surface area contributed by atoms with E-state index in [1.165, 1.54) is 65.4 Å². The molecule has 11 rings (SSSR count). The number of fused-ring (bicyclic) bond motifs is 10. The van der Waals surface area contributed by atoms with Crippen molar-refractivity contribution in [2.24, 2.45) is 0 Å². The maximum Gasteiger partial charge on any atom is 0.125 e. The highest BCUT2D eigenvalue weighted by Gasteiger charge is 2.22. The van der Waals surface area contributed by atoms with E-state index < -0.39 is 0 Å². The third-order valence-electron chi connectivity index (χ3n) is 10.1. The van der Waals surface area contributed by atoms with Crippen molar-refractivity contribution < 1.29 is 0 Å². The maximum absolute atomic E-state index is 5.05. The third-order valence-corrected chi connectivity index (χ3v) is 11.2. The molecule has 234 valence electrons. The molecule has 0 aliphatic heterocycles. The molecule has 4 heterocycles. The predicted molar refractivity (Wildman–Crippen MR) is 211 cm³/mol. The lowest BCUT2D eigenvalue weighted by Crippen LogP contribution is -1.94. The number of nitrogens with zero attached hydrogens (tertiary/aromatic N) is 4. The molecule has 0 aliphatic carbocycles. The van der Waals surface area contributed by atoms with Crippen molar-refractivity contribution in [3.8, 4) is 26.9 Å². The van der Waals surface area contributed by atoms with Crippen LogP contribution in [0.25, 0.3) is 92.4 Å². The van der Waals surface area contributed by atoms with Crippen molar-refractivity contribution in [2.45, 2.75) is 0 Å². The fourth-order valence-corrected chi connectivity index (χ4v) is 9.01. The van der Waals surface area contributed by atoms with Crippen LogP contribution in [-0.4, -0.2) is 18.7 Å². The summed E-state index contributed by atoms with van der Waals surface area (Å²) in [5.74, 6) is 0. The number of para-hydroxylation sites is 5. The molecule has 0 saturated heterocycles. The molecule has 0 aliphatic rings. The van der Waals surface area contributed by atoms with Gasteiger partial charge >= 0.3 is 0 Å². The first kappa shape index (κ1) is 27.5. The lowest BCUT2D eigenvalue weighted by molar-refractivity contribution is 1.18. The van der Waals surface area contributed by atoms with E-state index in [1.807, 2.05) is 6.20 Å². The van der Waals surface area contributed by atoms with Gasteiger partial charge in [0.05, 0.1) is 39.3 Å². The van der Waals surface area contributed by atoms with Crippen molar-refractivity contribution in [3.05, 3.63) is 170 Å². The first-order chi connectivity index (χ1) is 24.8. The standard InChI is InChI=1S/C45H28N4S/c1-2-14-30(15-3-1)48-39-23-10-6-19-34(39)35-25-26-41-43(44(35)48)36-20-7-11-24-40(36)49(41)42-28-46-45(50-42)29-13-12-16-31(27-29)47-37-21-8-4-17-32(37)33-18-5-9-22-38(33)47/h1-28H. The topological polar surface area (TPSA) is 27.7 Å². The molecule has 0 bridgehead atoms. The summed E-state index contributed by atoms with van der Waals surface area (Å²) >= 11 is 1.73. The first-order valence-electron chi connectivity index (χ1n) is 16.9. The smallest absolute Gasteiger partial charge is 0.125 e. The SMILES string of the molecule is c1ccc(-n2c3ccccc3c3ccc4c(c5ccccc5n4-c4cnc(-c5cccc(-n6c7ccccc7c7ccccc76)c5)s4)c32)cc1. The minimum absolute atomic E-state index is 0.994. The number of hydrogen-bond acceptors (Lipinski definition) is 2. The molecule has 7 aromatic carbocycles. The van der Waals surface area contributed by atoms with E-state index in [1.54, 1.807) is 11.3 Å². The molecule has 0 fully saturated rings. The highest BCUT2D eigenvalue weighted by Crippen LogP contribution is 2.43. The molecule has 4 aromatic heterocycles. The predicted octanol–water partition coefficient (Wildman–Crippen LogP) is 12.1. The molecule has 11 aromatic rings. The van der Waals surface area contributed by atoms with E-state index in [9.17, 15) is 0 Å². The van der Waals surface area contributed by atoms with Crippen LogP contribution < -0.4 is 0 Å². The number of thiazole rings is 1. The van der Waals surface area contributed by atoms with Gasteiger partial charge in [-0.25, -0.2) is 4.98 Å². The van der Waals surface area contributed by atoms with Crippen LogP contribution in [0.2, 0.25) is 0 Å². The van der Waals surface area contributed by atoms with Crippen molar-refractivity contribution >= 4 is 76.8 Å². The second-order valence-electron chi connectivity index (χ2n) is 12.8. The summed E-state index contributed by atoms with van der Waals surface area (Å²) in [7, 11) is 0. The van der Waals surface area contributed by atoms with Crippen molar-refractivity contribution in [1.29, 1.82) is 0 Å². The van der Waals surface area contributed by atoms with E-state index in [0.717, 1.165) is 26.9 Å². The van der Waals surface area contributed by atoms with Gasteiger partial charge in [0.2, 0.25) is 0 Å². The Hall–Kier alpha value is -6.43. The zero-order valence-electron chi connectivity index (χ0n) is 26.9. The molecule has 50 heavy (non-hydrogen) atoms. The van der Waals surface area contributed by atoms with Gasteiger partial charge in [0.25, 0.3) is 0 Å². The first-order valence-corrected chi connectivity index (χ1v) is 17.7. The Kier molecular flexibility index (Phi) is 5.80. The Bertz CT molecular complexity index is 3050. The number of rotatable bonds is 4. The normalized spacial score (nSPS) is 12.0. The van der Waals surface area contributed by atoms with Crippen molar-refractivity contribution in [3.63, 3.8) is 0 Å². The summed E-state index contributed by atoms with van der Waals surface area (Å²) < 4.78 is 7.20. The van der Waals surface area contributed by atoms with Crippen LogP contribution >= 0.6 is 11.3 Å².